The molecule has 0 saturated carbocycles. The Balaban J connectivity index is 2.75. The lowest BCUT2D eigenvalue weighted by Crippen LogP contribution is -2.15. The lowest BCUT2D eigenvalue weighted by molar-refractivity contribution is 0.300. The molecule has 1 aromatic carbocycles. The zero-order chi connectivity index (χ0) is 12.0. The second-order valence-corrected chi connectivity index (χ2v) is 5.40. The molecule has 0 aliphatic heterocycles. The van der Waals surface area contributed by atoms with Gasteiger partial charge in [-0.25, -0.2) is 0 Å². The number of hydrogen-bond donors (Lipinski definition) is 3. The molecule has 4 heteroatoms. The van der Waals surface area contributed by atoms with Crippen LogP contribution in [0.2, 0.25) is 0 Å². The van der Waals surface area contributed by atoms with Gasteiger partial charge in [0, 0.05) is 16.9 Å². The van der Waals surface area contributed by atoms with Crippen molar-refractivity contribution in [2.75, 3.05) is 6.61 Å². The van der Waals surface area contributed by atoms with Crippen LogP contribution in [-0.2, 0) is 0 Å². The highest BCUT2D eigenvalue weighted by Crippen LogP contribution is 2.34. The van der Waals surface area contributed by atoms with E-state index in [4.69, 9.17) is 16.2 Å². The lowest BCUT2D eigenvalue weighted by Gasteiger charge is -2.19. The van der Waals surface area contributed by atoms with Crippen molar-refractivity contribution in [1.82, 2.24) is 0 Å². The molecule has 2 atom stereocenters. The van der Waals surface area contributed by atoms with E-state index >= 15 is 0 Å². The second-order valence-electron chi connectivity index (χ2n) is 3.76. The first-order valence-electron chi connectivity index (χ1n) is 5.27. The molecule has 0 bridgehead atoms. The normalized spacial score (nSPS) is 14.4. The summed E-state index contributed by atoms with van der Waals surface area (Å²) in [4.78, 5) is 0. The van der Waals surface area contributed by atoms with Crippen molar-refractivity contribution in [1.29, 1.82) is 5.41 Å². The number of rotatable bonds is 6. The average molecular weight is 238 g/mol. The van der Waals surface area contributed by atoms with E-state index in [0.717, 1.165) is 5.56 Å². The Labute approximate surface area is 101 Å². The number of hydrogen-bond acceptors (Lipinski definition) is 3. The van der Waals surface area contributed by atoms with Crippen molar-refractivity contribution in [2.24, 2.45) is 5.73 Å². The molecule has 0 spiro atoms. The molecule has 0 amide bonds. The smallest absolute Gasteiger partial charge is 0.0919 e. The number of nitrogens with one attached hydrogen (secondary N) is 1. The molecule has 0 heterocycles. The largest absolute Gasteiger partial charge is 0.395 e. The van der Waals surface area contributed by atoms with E-state index in [-0.39, 0.29) is 22.9 Å². The number of aliphatic hydroxyl groups is 1. The molecule has 16 heavy (non-hydrogen) atoms. The van der Waals surface area contributed by atoms with Crippen molar-refractivity contribution in [3.05, 3.63) is 35.9 Å². The van der Waals surface area contributed by atoms with Gasteiger partial charge in [-0.15, -0.1) is 11.8 Å². The summed E-state index contributed by atoms with van der Waals surface area (Å²) in [5.41, 5.74) is 6.61. The molecule has 0 aliphatic carbocycles. The highest BCUT2D eigenvalue weighted by molar-refractivity contribution is 8.00. The lowest BCUT2D eigenvalue weighted by atomic mass is 10.1. The molecular formula is C12H18N2OS. The predicted octanol–water partition coefficient (Wildman–Crippen LogP) is 2.17. The van der Waals surface area contributed by atoms with Gasteiger partial charge in [0.25, 0.3) is 0 Å². The Morgan fingerprint density at radius 3 is 2.56 bits per heavy atom. The van der Waals surface area contributed by atoms with E-state index in [2.05, 4.69) is 0 Å². The van der Waals surface area contributed by atoms with E-state index < -0.39 is 0 Å². The first-order chi connectivity index (χ1) is 7.63. The van der Waals surface area contributed by atoms with Crippen LogP contribution in [0.25, 0.3) is 0 Å². The Bertz CT molecular complexity index is 329. The van der Waals surface area contributed by atoms with Gasteiger partial charge in [-0.1, -0.05) is 37.3 Å². The van der Waals surface area contributed by atoms with E-state index in [1.54, 1.807) is 11.8 Å². The van der Waals surface area contributed by atoms with Gasteiger partial charge in [0.1, 0.15) is 0 Å². The molecule has 2 unspecified atom stereocenters. The number of benzene rings is 1. The van der Waals surface area contributed by atoms with E-state index in [1.165, 1.54) is 0 Å². The highest BCUT2D eigenvalue weighted by Gasteiger charge is 2.16. The number of nitrogens with two attached hydrogens (primary N) is 1. The van der Waals surface area contributed by atoms with Crippen molar-refractivity contribution < 1.29 is 5.11 Å². The minimum atomic E-state index is 0.145. The first-order valence-corrected chi connectivity index (χ1v) is 6.22. The number of thioether (sulfide) groups is 1. The summed E-state index contributed by atoms with van der Waals surface area (Å²) in [5, 5.41) is 16.7. The van der Waals surface area contributed by atoms with Crippen LogP contribution in [0.4, 0.5) is 0 Å². The third kappa shape index (κ3) is 4.24. The zero-order valence-corrected chi connectivity index (χ0v) is 10.2. The Hall–Kier alpha value is -1.00. The van der Waals surface area contributed by atoms with E-state index in [0.29, 0.717) is 6.42 Å². The summed E-state index contributed by atoms with van der Waals surface area (Å²) in [7, 11) is 0. The third-order valence-electron chi connectivity index (χ3n) is 2.23. The highest BCUT2D eigenvalue weighted by atomic mass is 32.2. The molecular weight excluding hydrogens is 220 g/mol. The van der Waals surface area contributed by atoms with Gasteiger partial charge in [-0.3, -0.25) is 5.41 Å². The van der Waals surface area contributed by atoms with E-state index in [1.807, 2.05) is 37.3 Å². The molecule has 3 nitrogen and oxygen atoms in total. The van der Waals surface area contributed by atoms with Crippen LogP contribution in [0.1, 0.15) is 24.2 Å². The van der Waals surface area contributed by atoms with Crippen LogP contribution in [0, 0.1) is 5.41 Å². The van der Waals surface area contributed by atoms with Crippen molar-refractivity contribution in [2.45, 2.75) is 23.8 Å². The number of aliphatic hydroxyl groups excluding tert-OH is 1. The van der Waals surface area contributed by atoms with Gasteiger partial charge < -0.3 is 10.8 Å². The van der Waals surface area contributed by atoms with Crippen LogP contribution in [-0.4, -0.2) is 22.8 Å². The summed E-state index contributed by atoms with van der Waals surface area (Å²) in [5.74, 6) is 0.187. The molecule has 88 valence electrons. The molecule has 0 fully saturated rings. The number of amidine groups is 1. The van der Waals surface area contributed by atoms with Gasteiger partial charge in [0.05, 0.1) is 12.4 Å². The van der Waals surface area contributed by atoms with E-state index in [9.17, 15) is 0 Å². The average Bonchev–Trinajstić information content (AvgIpc) is 2.28. The summed E-state index contributed by atoms with van der Waals surface area (Å²) in [6, 6.07) is 9.99. The predicted molar refractivity (Wildman–Crippen MR) is 69.9 cm³/mol. The van der Waals surface area contributed by atoms with Crippen LogP contribution in [0.15, 0.2) is 30.3 Å². The quantitative estimate of drug-likeness (QED) is 0.525. The molecule has 0 aromatic heterocycles. The van der Waals surface area contributed by atoms with Crippen LogP contribution < -0.4 is 5.73 Å². The first kappa shape index (κ1) is 13.1. The maximum Gasteiger partial charge on any atom is 0.0919 e. The van der Waals surface area contributed by atoms with Crippen molar-refractivity contribution >= 4 is 17.6 Å². The Kier molecular flexibility index (Phi) is 5.35. The van der Waals surface area contributed by atoms with Gasteiger partial charge in [-0.2, -0.15) is 0 Å². The second kappa shape index (κ2) is 6.55. The maximum atomic E-state index is 9.06. The summed E-state index contributed by atoms with van der Waals surface area (Å²) in [6.07, 6.45) is 0.527. The summed E-state index contributed by atoms with van der Waals surface area (Å²) >= 11 is 1.66. The van der Waals surface area contributed by atoms with Gasteiger partial charge in [-0.05, 0) is 5.56 Å². The minimum absolute atomic E-state index is 0.145. The fraction of sp³-hybridized carbons (Fsp3) is 0.417. The zero-order valence-electron chi connectivity index (χ0n) is 9.39. The third-order valence-corrected chi connectivity index (χ3v) is 3.61. The Morgan fingerprint density at radius 1 is 1.44 bits per heavy atom. The summed E-state index contributed by atoms with van der Waals surface area (Å²) in [6.45, 7) is 2.12. The fourth-order valence-corrected chi connectivity index (χ4v) is 2.67. The SMILES string of the molecule is CC(CO)SC(CC(=N)N)c1ccccc1. The van der Waals surface area contributed by atoms with Crippen LogP contribution >= 0.6 is 11.8 Å². The fourth-order valence-electron chi connectivity index (χ4n) is 1.44. The van der Waals surface area contributed by atoms with Crippen molar-refractivity contribution in [3.63, 3.8) is 0 Å². The standard InChI is InChI=1S/C12H18N2OS/c1-9(8-15)16-11(7-12(13)14)10-5-3-2-4-6-10/h2-6,9,11,15H,7-8H2,1H3,(H3,13,14). The van der Waals surface area contributed by atoms with Gasteiger partial charge in [0.2, 0.25) is 0 Å². The Morgan fingerprint density at radius 2 is 2.06 bits per heavy atom. The maximum absolute atomic E-state index is 9.06. The van der Waals surface area contributed by atoms with Crippen molar-refractivity contribution in [3.8, 4) is 0 Å². The molecule has 1 aromatic rings. The van der Waals surface area contributed by atoms with Gasteiger partial charge in [0.15, 0.2) is 0 Å². The monoisotopic (exact) mass is 238 g/mol. The molecule has 1 rings (SSSR count). The minimum Gasteiger partial charge on any atom is -0.395 e. The molecule has 0 radical (unpaired) electrons. The van der Waals surface area contributed by atoms with Crippen LogP contribution in [0.3, 0.4) is 0 Å². The summed E-state index contributed by atoms with van der Waals surface area (Å²) < 4.78 is 0. The molecule has 0 saturated heterocycles. The van der Waals surface area contributed by atoms with Crippen LogP contribution in [0.5, 0.6) is 0 Å². The topological polar surface area (TPSA) is 70.1 Å². The van der Waals surface area contributed by atoms with Gasteiger partial charge >= 0.3 is 0 Å². The molecule has 0 aliphatic rings. The molecule has 4 N–H and O–H groups in total.